The van der Waals surface area contributed by atoms with Gasteiger partial charge >= 0.3 is 0 Å². The highest BCUT2D eigenvalue weighted by atomic mass is 16.2. The first-order chi connectivity index (χ1) is 12.8. The highest BCUT2D eigenvalue weighted by Crippen LogP contribution is 2.28. The minimum absolute atomic E-state index is 0.136. The Hall–Kier alpha value is -2.68. The molecular weight excluding hydrogens is 320 g/mol. The molecular formula is C23H26N2O. The van der Waals surface area contributed by atoms with Crippen LogP contribution in [0.4, 0.5) is 0 Å². The van der Waals surface area contributed by atoms with Gasteiger partial charge in [0.25, 0.3) is 5.91 Å². The fourth-order valence-corrected chi connectivity index (χ4v) is 3.46. The van der Waals surface area contributed by atoms with Crippen molar-refractivity contribution in [2.45, 2.75) is 38.5 Å². The molecule has 0 bridgehead atoms. The molecule has 3 heteroatoms. The van der Waals surface area contributed by atoms with E-state index in [4.69, 9.17) is 0 Å². The smallest absolute Gasteiger partial charge is 0.267 e. The molecule has 1 N–H and O–H groups in total. The van der Waals surface area contributed by atoms with Crippen LogP contribution >= 0.6 is 0 Å². The number of benzene rings is 1. The highest BCUT2D eigenvalue weighted by Gasteiger charge is 2.16. The third-order valence-electron chi connectivity index (χ3n) is 4.88. The van der Waals surface area contributed by atoms with E-state index in [-0.39, 0.29) is 5.91 Å². The van der Waals surface area contributed by atoms with Crippen molar-refractivity contribution in [1.29, 1.82) is 0 Å². The summed E-state index contributed by atoms with van der Waals surface area (Å²) in [6, 6.07) is 9.24. The zero-order valence-electron chi connectivity index (χ0n) is 15.1. The molecule has 0 atom stereocenters. The van der Waals surface area contributed by atoms with Gasteiger partial charge in [-0.1, -0.05) is 60.7 Å². The normalized spacial score (nSPS) is 22.8. The van der Waals surface area contributed by atoms with Gasteiger partial charge in [0.2, 0.25) is 0 Å². The Labute approximate surface area is 155 Å². The number of nitrogens with one attached hydrogen (secondary N) is 1. The number of amides is 1. The fourth-order valence-electron chi connectivity index (χ4n) is 3.46. The molecule has 1 fully saturated rings. The van der Waals surface area contributed by atoms with Crippen LogP contribution in [0.2, 0.25) is 0 Å². The Kier molecular flexibility index (Phi) is 6.77. The summed E-state index contributed by atoms with van der Waals surface area (Å²) in [5, 5.41) is 4.39. The van der Waals surface area contributed by atoms with E-state index in [2.05, 4.69) is 47.0 Å². The van der Waals surface area contributed by atoms with E-state index >= 15 is 0 Å². The predicted octanol–water partition coefficient (Wildman–Crippen LogP) is 5.35. The van der Waals surface area contributed by atoms with Gasteiger partial charge < -0.3 is 0 Å². The Balaban J connectivity index is 1.54. The third-order valence-corrected chi connectivity index (χ3v) is 4.88. The molecule has 0 spiro atoms. The number of rotatable bonds is 3. The Morgan fingerprint density at radius 1 is 0.923 bits per heavy atom. The molecule has 1 aromatic rings. The first-order valence-electron chi connectivity index (χ1n) is 9.45. The maximum absolute atomic E-state index is 12.1. The summed E-state index contributed by atoms with van der Waals surface area (Å²) in [7, 11) is 0. The lowest BCUT2D eigenvalue weighted by Crippen LogP contribution is -2.20. The molecule has 0 saturated heterocycles. The van der Waals surface area contributed by atoms with Crippen LogP contribution < -0.4 is 5.43 Å². The summed E-state index contributed by atoms with van der Waals surface area (Å²) in [6.07, 6.45) is 21.4. The van der Waals surface area contributed by atoms with Gasteiger partial charge in [-0.25, -0.2) is 5.43 Å². The van der Waals surface area contributed by atoms with Crippen molar-refractivity contribution in [3.63, 3.8) is 0 Å². The van der Waals surface area contributed by atoms with Gasteiger partial charge in [0, 0.05) is 11.3 Å². The minimum Gasteiger partial charge on any atom is -0.267 e. The monoisotopic (exact) mass is 346 g/mol. The molecule has 0 unspecified atom stereocenters. The van der Waals surface area contributed by atoms with Crippen molar-refractivity contribution in [2.24, 2.45) is 11.0 Å². The van der Waals surface area contributed by atoms with Crippen LogP contribution in [0.5, 0.6) is 0 Å². The van der Waals surface area contributed by atoms with Gasteiger partial charge in [-0.15, -0.1) is 0 Å². The zero-order chi connectivity index (χ0) is 18.0. The van der Waals surface area contributed by atoms with Crippen LogP contribution in [0.25, 0.3) is 0 Å². The Bertz CT molecular complexity index is 742. The molecule has 3 rings (SSSR count). The molecule has 26 heavy (non-hydrogen) atoms. The van der Waals surface area contributed by atoms with E-state index in [1.54, 1.807) is 12.1 Å². The molecule has 0 heterocycles. The van der Waals surface area contributed by atoms with Crippen LogP contribution in [0.15, 0.2) is 83.5 Å². The van der Waals surface area contributed by atoms with Crippen LogP contribution in [0.3, 0.4) is 0 Å². The second-order valence-corrected chi connectivity index (χ2v) is 6.76. The van der Waals surface area contributed by atoms with Crippen molar-refractivity contribution in [3.8, 4) is 0 Å². The molecule has 3 nitrogen and oxygen atoms in total. The molecule has 0 aromatic heterocycles. The van der Waals surface area contributed by atoms with Crippen LogP contribution in [0, 0.1) is 5.92 Å². The van der Waals surface area contributed by atoms with Crippen molar-refractivity contribution in [2.75, 3.05) is 0 Å². The van der Waals surface area contributed by atoms with Crippen LogP contribution in [0.1, 0.15) is 48.9 Å². The average Bonchev–Trinajstić information content (AvgIpc) is 2.62. The third kappa shape index (κ3) is 5.41. The van der Waals surface area contributed by atoms with E-state index in [0.717, 1.165) is 31.4 Å². The van der Waals surface area contributed by atoms with E-state index in [1.807, 2.05) is 24.3 Å². The molecule has 1 amide bonds. The average molecular weight is 346 g/mol. The van der Waals surface area contributed by atoms with Gasteiger partial charge in [-0.3, -0.25) is 4.79 Å². The van der Waals surface area contributed by atoms with Crippen LogP contribution in [-0.4, -0.2) is 11.6 Å². The summed E-state index contributed by atoms with van der Waals surface area (Å²) >= 11 is 0. The van der Waals surface area contributed by atoms with Gasteiger partial charge in [0.05, 0.1) is 0 Å². The van der Waals surface area contributed by atoms with Crippen molar-refractivity contribution in [3.05, 3.63) is 84.0 Å². The lowest BCUT2D eigenvalue weighted by molar-refractivity contribution is 0.0954. The summed E-state index contributed by atoms with van der Waals surface area (Å²) in [4.78, 5) is 12.1. The number of carbonyl (C=O) groups is 1. The molecule has 1 saturated carbocycles. The zero-order valence-corrected chi connectivity index (χ0v) is 15.1. The lowest BCUT2D eigenvalue weighted by atomic mass is 9.84. The fraction of sp³-hybridized carbons (Fsp3) is 0.304. The second kappa shape index (κ2) is 9.71. The Morgan fingerprint density at radius 3 is 2.38 bits per heavy atom. The standard InChI is InChI=1S/C23H26N2O/c26-23(21-13-7-4-8-14-21)25-24-22-17-9-15-20(16-10-18-22)19-11-5-2-1-3-6-12-19/h1-8,11-14,20H,9-10,15-18H2,(H,25,26)/b2-1-,3-1?,5-2?,6-3-,11-5?,12-6?,19-11?,19-12?,24-22?. The minimum atomic E-state index is -0.136. The molecule has 2 aliphatic rings. The summed E-state index contributed by atoms with van der Waals surface area (Å²) < 4.78 is 0. The molecule has 0 radical (unpaired) electrons. The predicted molar refractivity (Wildman–Crippen MR) is 108 cm³/mol. The number of hydrogen-bond acceptors (Lipinski definition) is 2. The maximum atomic E-state index is 12.1. The van der Waals surface area contributed by atoms with Gasteiger partial charge in [-0.2, -0.15) is 5.10 Å². The van der Waals surface area contributed by atoms with Gasteiger partial charge in [0.15, 0.2) is 0 Å². The number of allylic oxidation sites excluding steroid dienone is 8. The summed E-state index contributed by atoms with van der Waals surface area (Å²) in [6.45, 7) is 0. The van der Waals surface area contributed by atoms with E-state index < -0.39 is 0 Å². The van der Waals surface area contributed by atoms with E-state index in [1.165, 1.54) is 18.4 Å². The molecule has 134 valence electrons. The second-order valence-electron chi connectivity index (χ2n) is 6.76. The SMILES string of the molecule is O=C(NN=C1CCCC(C2=C/C=C\C=C/C=C2)CCC1)c1ccccc1. The maximum Gasteiger partial charge on any atom is 0.271 e. The number of hydrogen-bond donors (Lipinski definition) is 1. The first-order valence-corrected chi connectivity index (χ1v) is 9.45. The number of nitrogens with zero attached hydrogens (tertiary/aromatic N) is 1. The van der Waals surface area contributed by atoms with Gasteiger partial charge in [0.1, 0.15) is 0 Å². The summed E-state index contributed by atoms with van der Waals surface area (Å²) in [5.74, 6) is 0.477. The molecule has 0 aliphatic heterocycles. The van der Waals surface area contributed by atoms with E-state index in [0.29, 0.717) is 11.5 Å². The first kappa shape index (κ1) is 18.1. The van der Waals surface area contributed by atoms with Crippen molar-refractivity contribution >= 4 is 11.6 Å². The van der Waals surface area contributed by atoms with Crippen molar-refractivity contribution in [1.82, 2.24) is 5.43 Å². The van der Waals surface area contributed by atoms with Crippen molar-refractivity contribution < 1.29 is 4.79 Å². The molecule has 2 aliphatic carbocycles. The van der Waals surface area contributed by atoms with Gasteiger partial charge in [-0.05, 0) is 62.1 Å². The number of hydrazone groups is 1. The summed E-state index contributed by atoms with van der Waals surface area (Å²) in [5.41, 5.74) is 5.89. The highest BCUT2D eigenvalue weighted by molar-refractivity contribution is 5.95. The Morgan fingerprint density at radius 2 is 1.62 bits per heavy atom. The quantitative estimate of drug-likeness (QED) is 0.736. The van der Waals surface area contributed by atoms with Crippen LogP contribution in [-0.2, 0) is 0 Å². The number of carbonyl (C=O) groups excluding carboxylic acids is 1. The van der Waals surface area contributed by atoms with E-state index in [9.17, 15) is 4.79 Å². The largest absolute Gasteiger partial charge is 0.271 e. The lowest BCUT2D eigenvalue weighted by Gasteiger charge is -2.21. The molecule has 1 aromatic carbocycles. The topological polar surface area (TPSA) is 41.5 Å².